The topological polar surface area (TPSA) is 15.3 Å². The number of anilines is 1. The standard InChI is InChI=1S/C17H25FN2/c1-2-20(16-8-5-7-14(18)11-16)12-15-10-13-6-3-4-9-17(13)19-15/h5,7-8,11,13,15,17,19H,2-4,6,9-10,12H2,1H3. The smallest absolute Gasteiger partial charge is 0.125 e. The molecule has 20 heavy (non-hydrogen) atoms. The average molecular weight is 276 g/mol. The van der Waals surface area contributed by atoms with Crippen LogP contribution in [0.5, 0.6) is 0 Å². The Morgan fingerprint density at radius 1 is 1.30 bits per heavy atom. The lowest BCUT2D eigenvalue weighted by atomic mass is 9.85. The van der Waals surface area contributed by atoms with Gasteiger partial charge in [-0.1, -0.05) is 18.9 Å². The Morgan fingerprint density at radius 3 is 2.90 bits per heavy atom. The highest BCUT2D eigenvalue weighted by atomic mass is 19.1. The summed E-state index contributed by atoms with van der Waals surface area (Å²) in [5, 5.41) is 3.81. The third-order valence-electron chi connectivity index (χ3n) is 4.94. The van der Waals surface area contributed by atoms with Crippen molar-refractivity contribution in [2.24, 2.45) is 5.92 Å². The second-order valence-corrected chi connectivity index (χ2v) is 6.27. The lowest BCUT2D eigenvalue weighted by molar-refractivity contribution is 0.325. The van der Waals surface area contributed by atoms with Crippen molar-refractivity contribution in [2.75, 3.05) is 18.0 Å². The van der Waals surface area contributed by atoms with Crippen LogP contribution in [0.25, 0.3) is 0 Å². The predicted octanol–water partition coefficient (Wildman–Crippen LogP) is 3.57. The van der Waals surface area contributed by atoms with E-state index in [9.17, 15) is 4.39 Å². The largest absolute Gasteiger partial charge is 0.370 e. The van der Waals surface area contributed by atoms with Crippen molar-refractivity contribution in [1.29, 1.82) is 0 Å². The third kappa shape index (κ3) is 2.98. The Bertz CT molecular complexity index is 434. The van der Waals surface area contributed by atoms with Crippen LogP contribution in [0.2, 0.25) is 0 Å². The summed E-state index contributed by atoms with van der Waals surface area (Å²) in [6.45, 7) is 4.07. The molecule has 2 fully saturated rings. The van der Waals surface area contributed by atoms with Crippen LogP contribution in [-0.2, 0) is 0 Å². The van der Waals surface area contributed by atoms with Gasteiger partial charge in [-0.25, -0.2) is 4.39 Å². The fourth-order valence-electron chi connectivity index (χ4n) is 3.93. The molecule has 0 spiro atoms. The predicted molar refractivity (Wildman–Crippen MR) is 81.6 cm³/mol. The summed E-state index contributed by atoms with van der Waals surface area (Å²) in [5.41, 5.74) is 1.00. The van der Waals surface area contributed by atoms with Crippen LogP contribution in [0.3, 0.4) is 0 Å². The van der Waals surface area contributed by atoms with Crippen molar-refractivity contribution < 1.29 is 4.39 Å². The molecule has 3 unspecified atom stereocenters. The summed E-state index contributed by atoms with van der Waals surface area (Å²) in [5.74, 6) is 0.731. The monoisotopic (exact) mass is 276 g/mol. The molecule has 1 aromatic carbocycles. The quantitative estimate of drug-likeness (QED) is 0.904. The Morgan fingerprint density at radius 2 is 2.15 bits per heavy atom. The van der Waals surface area contributed by atoms with E-state index in [0.717, 1.165) is 30.7 Å². The van der Waals surface area contributed by atoms with Gasteiger partial charge in [-0.05, 0) is 50.3 Å². The van der Waals surface area contributed by atoms with E-state index in [4.69, 9.17) is 0 Å². The molecular formula is C17H25FN2. The van der Waals surface area contributed by atoms with Crippen molar-refractivity contribution >= 4 is 5.69 Å². The molecule has 1 aromatic rings. The molecule has 3 rings (SSSR count). The van der Waals surface area contributed by atoms with Gasteiger partial charge in [0.1, 0.15) is 5.82 Å². The number of rotatable bonds is 4. The second kappa shape index (κ2) is 6.13. The molecule has 2 nitrogen and oxygen atoms in total. The van der Waals surface area contributed by atoms with E-state index in [1.807, 2.05) is 6.07 Å². The van der Waals surface area contributed by atoms with Crippen molar-refractivity contribution in [3.05, 3.63) is 30.1 Å². The zero-order chi connectivity index (χ0) is 13.9. The molecule has 0 bridgehead atoms. The average Bonchev–Trinajstić information content (AvgIpc) is 2.87. The van der Waals surface area contributed by atoms with E-state index < -0.39 is 0 Å². The van der Waals surface area contributed by atoms with Gasteiger partial charge in [0.25, 0.3) is 0 Å². The number of likely N-dealkylation sites (N-methyl/N-ethyl adjacent to an activating group) is 1. The van der Waals surface area contributed by atoms with E-state index >= 15 is 0 Å². The summed E-state index contributed by atoms with van der Waals surface area (Å²) in [6, 6.07) is 8.26. The molecular weight excluding hydrogens is 251 g/mol. The van der Waals surface area contributed by atoms with Gasteiger partial charge in [0, 0.05) is 30.9 Å². The van der Waals surface area contributed by atoms with Crippen LogP contribution >= 0.6 is 0 Å². The van der Waals surface area contributed by atoms with Crippen molar-refractivity contribution in [3.8, 4) is 0 Å². The minimum atomic E-state index is -0.144. The van der Waals surface area contributed by atoms with Crippen molar-refractivity contribution in [2.45, 2.75) is 51.1 Å². The first-order valence-corrected chi connectivity index (χ1v) is 8.03. The van der Waals surface area contributed by atoms with Gasteiger partial charge in [0.2, 0.25) is 0 Å². The summed E-state index contributed by atoms with van der Waals surface area (Å²) < 4.78 is 13.4. The van der Waals surface area contributed by atoms with Gasteiger partial charge in [0.15, 0.2) is 0 Å². The molecule has 1 aliphatic carbocycles. The van der Waals surface area contributed by atoms with E-state index in [1.165, 1.54) is 38.2 Å². The van der Waals surface area contributed by atoms with Gasteiger partial charge in [0.05, 0.1) is 0 Å². The van der Waals surface area contributed by atoms with Crippen molar-refractivity contribution in [3.63, 3.8) is 0 Å². The summed E-state index contributed by atoms with van der Waals surface area (Å²) >= 11 is 0. The highest BCUT2D eigenvalue weighted by Crippen LogP contribution is 2.33. The van der Waals surface area contributed by atoms with E-state index in [1.54, 1.807) is 12.1 Å². The maximum atomic E-state index is 13.4. The number of hydrogen-bond donors (Lipinski definition) is 1. The molecule has 0 radical (unpaired) electrons. The van der Waals surface area contributed by atoms with Crippen LogP contribution in [0.15, 0.2) is 24.3 Å². The molecule has 1 saturated carbocycles. The number of benzene rings is 1. The van der Waals surface area contributed by atoms with Crippen LogP contribution in [0.4, 0.5) is 10.1 Å². The number of fused-ring (bicyclic) bond motifs is 1. The number of nitrogens with one attached hydrogen (secondary N) is 1. The molecule has 1 aliphatic heterocycles. The number of hydrogen-bond acceptors (Lipinski definition) is 2. The van der Waals surface area contributed by atoms with Crippen LogP contribution in [-0.4, -0.2) is 25.2 Å². The number of nitrogens with zero attached hydrogens (tertiary/aromatic N) is 1. The Hall–Kier alpha value is -1.09. The Balaban J connectivity index is 1.64. The molecule has 2 aliphatic rings. The Kier molecular flexibility index (Phi) is 4.25. The molecule has 1 N–H and O–H groups in total. The lowest BCUT2D eigenvalue weighted by Crippen LogP contribution is -2.40. The maximum Gasteiger partial charge on any atom is 0.125 e. The SMILES string of the molecule is CCN(CC1CC2CCCCC2N1)c1cccc(F)c1. The highest BCUT2D eigenvalue weighted by molar-refractivity contribution is 5.46. The first-order valence-electron chi connectivity index (χ1n) is 8.03. The first kappa shape index (κ1) is 13.9. The fourth-order valence-corrected chi connectivity index (χ4v) is 3.93. The summed E-state index contributed by atoms with van der Waals surface area (Å²) in [4.78, 5) is 2.29. The normalized spacial score (nSPS) is 29.2. The van der Waals surface area contributed by atoms with E-state index in [2.05, 4.69) is 17.1 Å². The van der Waals surface area contributed by atoms with Gasteiger partial charge >= 0.3 is 0 Å². The summed E-state index contributed by atoms with van der Waals surface area (Å²) in [6.07, 6.45) is 6.79. The van der Waals surface area contributed by atoms with Crippen LogP contribution < -0.4 is 10.2 Å². The van der Waals surface area contributed by atoms with Crippen LogP contribution in [0.1, 0.15) is 39.0 Å². The minimum absolute atomic E-state index is 0.144. The Labute approximate surface area is 121 Å². The van der Waals surface area contributed by atoms with Gasteiger partial charge < -0.3 is 10.2 Å². The van der Waals surface area contributed by atoms with Gasteiger partial charge in [-0.2, -0.15) is 0 Å². The maximum absolute atomic E-state index is 13.4. The molecule has 3 atom stereocenters. The van der Waals surface area contributed by atoms with Crippen molar-refractivity contribution in [1.82, 2.24) is 5.32 Å². The summed E-state index contributed by atoms with van der Waals surface area (Å²) in [7, 11) is 0. The molecule has 0 aromatic heterocycles. The van der Waals surface area contributed by atoms with Crippen LogP contribution in [0, 0.1) is 11.7 Å². The van der Waals surface area contributed by atoms with E-state index in [-0.39, 0.29) is 5.82 Å². The van der Waals surface area contributed by atoms with E-state index in [0.29, 0.717) is 6.04 Å². The number of halogens is 1. The van der Waals surface area contributed by atoms with Gasteiger partial charge in [-0.15, -0.1) is 0 Å². The zero-order valence-electron chi connectivity index (χ0n) is 12.3. The highest BCUT2D eigenvalue weighted by Gasteiger charge is 2.35. The second-order valence-electron chi connectivity index (χ2n) is 6.27. The molecule has 0 amide bonds. The lowest BCUT2D eigenvalue weighted by Gasteiger charge is -2.27. The fraction of sp³-hybridized carbons (Fsp3) is 0.647. The molecule has 1 saturated heterocycles. The molecule has 1 heterocycles. The first-order chi connectivity index (χ1) is 9.76. The minimum Gasteiger partial charge on any atom is -0.370 e. The molecule has 3 heteroatoms. The third-order valence-corrected chi connectivity index (χ3v) is 4.94. The molecule has 110 valence electrons. The zero-order valence-corrected chi connectivity index (χ0v) is 12.3. The van der Waals surface area contributed by atoms with Gasteiger partial charge in [-0.3, -0.25) is 0 Å².